The second-order valence-electron chi connectivity index (χ2n) is 4.41. The molecule has 88 valence electrons. The van der Waals surface area contributed by atoms with Gasteiger partial charge in [0, 0.05) is 6.26 Å². The fraction of sp³-hybridized carbons (Fsp3) is 0.500. The van der Waals surface area contributed by atoms with Crippen LogP contribution in [0.3, 0.4) is 0 Å². The third-order valence-electron chi connectivity index (χ3n) is 3.12. The lowest BCUT2D eigenvalue weighted by molar-refractivity contribution is 0.517. The summed E-state index contributed by atoms with van der Waals surface area (Å²) in [6.07, 6.45) is 2.27. The van der Waals surface area contributed by atoms with Crippen molar-refractivity contribution in [1.82, 2.24) is 5.32 Å². The SMILES string of the molecule is CS(=O)(=O)C(c1ccccc1)C1CCNC1. The van der Waals surface area contributed by atoms with Gasteiger partial charge in [0.1, 0.15) is 0 Å². The molecule has 0 bridgehead atoms. The molecule has 0 saturated carbocycles. The summed E-state index contributed by atoms with van der Waals surface area (Å²) in [6, 6.07) is 9.52. The van der Waals surface area contributed by atoms with Crippen LogP contribution in [-0.4, -0.2) is 27.8 Å². The van der Waals surface area contributed by atoms with Gasteiger partial charge in [0.15, 0.2) is 9.84 Å². The van der Waals surface area contributed by atoms with E-state index in [1.807, 2.05) is 30.3 Å². The van der Waals surface area contributed by atoms with Crippen molar-refractivity contribution in [2.24, 2.45) is 5.92 Å². The molecule has 1 aliphatic rings. The molecule has 1 aromatic carbocycles. The van der Waals surface area contributed by atoms with Crippen molar-refractivity contribution in [1.29, 1.82) is 0 Å². The van der Waals surface area contributed by atoms with Gasteiger partial charge in [-0.15, -0.1) is 0 Å². The summed E-state index contributed by atoms with van der Waals surface area (Å²) in [4.78, 5) is 0. The predicted molar refractivity (Wildman–Crippen MR) is 65.0 cm³/mol. The summed E-state index contributed by atoms with van der Waals surface area (Å²) in [5.74, 6) is 0.206. The van der Waals surface area contributed by atoms with E-state index < -0.39 is 9.84 Å². The summed E-state index contributed by atoms with van der Waals surface area (Å²) >= 11 is 0. The van der Waals surface area contributed by atoms with Crippen molar-refractivity contribution in [3.8, 4) is 0 Å². The fourth-order valence-corrected chi connectivity index (χ4v) is 4.03. The van der Waals surface area contributed by atoms with E-state index in [2.05, 4.69) is 5.32 Å². The van der Waals surface area contributed by atoms with Gasteiger partial charge in [-0.3, -0.25) is 0 Å². The molecule has 2 rings (SSSR count). The zero-order chi connectivity index (χ0) is 11.6. The summed E-state index contributed by atoms with van der Waals surface area (Å²) in [7, 11) is -3.04. The lowest BCUT2D eigenvalue weighted by Crippen LogP contribution is -2.23. The maximum absolute atomic E-state index is 11.9. The lowest BCUT2D eigenvalue weighted by atomic mass is 9.98. The second-order valence-corrected chi connectivity index (χ2v) is 6.58. The third-order valence-corrected chi connectivity index (χ3v) is 4.70. The molecule has 0 spiro atoms. The smallest absolute Gasteiger partial charge is 0.154 e. The number of sulfone groups is 1. The Balaban J connectivity index is 2.35. The quantitative estimate of drug-likeness (QED) is 0.867. The number of nitrogens with one attached hydrogen (secondary N) is 1. The van der Waals surface area contributed by atoms with Gasteiger partial charge in [-0.25, -0.2) is 8.42 Å². The Morgan fingerprint density at radius 3 is 2.50 bits per heavy atom. The van der Waals surface area contributed by atoms with E-state index in [-0.39, 0.29) is 11.2 Å². The maximum Gasteiger partial charge on any atom is 0.154 e. The van der Waals surface area contributed by atoms with Crippen LogP contribution in [0.4, 0.5) is 0 Å². The molecule has 1 aromatic rings. The molecule has 1 N–H and O–H groups in total. The molecule has 0 radical (unpaired) electrons. The van der Waals surface area contributed by atoms with Gasteiger partial charge < -0.3 is 5.32 Å². The molecule has 3 nitrogen and oxygen atoms in total. The molecule has 0 amide bonds. The normalized spacial score (nSPS) is 23.2. The van der Waals surface area contributed by atoms with E-state index in [0.29, 0.717) is 0 Å². The number of hydrogen-bond donors (Lipinski definition) is 1. The molecule has 1 fully saturated rings. The molecule has 0 aromatic heterocycles. The number of rotatable bonds is 3. The standard InChI is InChI=1S/C12H17NO2S/c1-16(14,15)12(11-7-8-13-9-11)10-5-3-2-4-6-10/h2-6,11-13H,7-9H2,1H3. The van der Waals surface area contributed by atoms with E-state index in [0.717, 1.165) is 25.1 Å². The zero-order valence-corrected chi connectivity index (χ0v) is 10.2. The molecule has 4 heteroatoms. The Labute approximate surface area is 96.8 Å². The van der Waals surface area contributed by atoms with Gasteiger partial charge in [0.2, 0.25) is 0 Å². The van der Waals surface area contributed by atoms with Crippen LogP contribution in [0.2, 0.25) is 0 Å². The van der Waals surface area contributed by atoms with E-state index in [9.17, 15) is 8.42 Å². The lowest BCUT2D eigenvalue weighted by Gasteiger charge is -2.21. The maximum atomic E-state index is 11.9. The average Bonchev–Trinajstić information content (AvgIpc) is 2.71. The number of benzene rings is 1. The Kier molecular flexibility index (Phi) is 3.30. The predicted octanol–water partition coefficient (Wildman–Crippen LogP) is 1.38. The molecular formula is C12H17NO2S. The Morgan fingerprint density at radius 2 is 2.00 bits per heavy atom. The van der Waals surface area contributed by atoms with E-state index in [1.54, 1.807) is 0 Å². The van der Waals surface area contributed by atoms with Crippen molar-refractivity contribution >= 4 is 9.84 Å². The topological polar surface area (TPSA) is 46.2 Å². The minimum atomic E-state index is -3.04. The monoisotopic (exact) mass is 239 g/mol. The van der Waals surface area contributed by atoms with Gasteiger partial charge in [0.05, 0.1) is 5.25 Å². The molecule has 1 heterocycles. The van der Waals surface area contributed by atoms with Crippen LogP contribution in [0, 0.1) is 5.92 Å². The average molecular weight is 239 g/mol. The van der Waals surface area contributed by atoms with Gasteiger partial charge in [-0.2, -0.15) is 0 Å². The molecule has 1 saturated heterocycles. The van der Waals surface area contributed by atoms with Gasteiger partial charge in [-0.1, -0.05) is 30.3 Å². The third kappa shape index (κ3) is 2.44. The first-order chi connectivity index (χ1) is 7.59. The zero-order valence-electron chi connectivity index (χ0n) is 9.39. The van der Waals surface area contributed by atoms with Crippen LogP contribution >= 0.6 is 0 Å². The van der Waals surface area contributed by atoms with Crippen molar-refractivity contribution in [2.75, 3.05) is 19.3 Å². The summed E-state index contributed by atoms with van der Waals surface area (Å²) < 4.78 is 23.8. The fourth-order valence-electron chi connectivity index (χ4n) is 2.45. The molecule has 2 unspecified atom stereocenters. The summed E-state index contributed by atoms with van der Waals surface area (Å²) in [5, 5.41) is 2.87. The van der Waals surface area contributed by atoms with E-state index >= 15 is 0 Å². The Bertz CT molecular complexity index is 435. The van der Waals surface area contributed by atoms with Crippen LogP contribution in [0.5, 0.6) is 0 Å². The Hall–Kier alpha value is -0.870. The van der Waals surface area contributed by atoms with Crippen molar-refractivity contribution in [3.05, 3.63) is 35.9 Å². The molecule has 16 heavy (non-hydrogen) atoms. The second kappa shape index (κ2) is 4.55. The highest BCUT2D eigenvalue weighted by molar-refractivity contribution is 7.90. The minimum absolute atomic E-state index is 0.206. The first-order valence-electron chi connectivity index (χ1n) is 5.53. The van der Waals surface area contributed by atoms with Crippen LogP contribution in [0.25, 0.3) is 0 Å². The number of hydrogen-bond acceptors (Lipinski definition) is 3. The first-order valence-corrected chi connectivity index (χ1v) is 7.49. The highest BCUT2D eigenvalue weighted by Gasteiger charge is 2.33. The van der Waals surface area contributed by atoms with Crippen LogP contribution < -0.4 is 5.32 Å². The highest BCUT2D eigenvalue weighted by atomic mass is 32.2. The summed E-state index contributed by atoms with van der Waals surface area (Å²) in [6.45, 7) is 1.72. The van der Waals surface area contributed by atoms with E-state index in [1.165, 1.54) is 6.26 Å². The van der Waals surface area contributed by atoms with Crippen LogP contribution in [0.1, 0.15) is 17.2 Å². The minimum Gasteiger partial charge on any atom is -0.316 e. The van der Waals surface area contributed by atoms with Crippen molar-refractivity contribution in [2.45, 2.75) is 11.7 Å². The van der Waals surface area contributed by atoms with Gasteiger partial charge >= 0.3 is 0 Å². The summed E-state index contributed by atoms with van der Waals surface area (Å²) in [5.41, 5.74) is 0.915. The highest BCUT2D eigenvalue weighted by Crippen LogP contribution is 2.33. The molecular weight excluding hydrogens is 222 g/mol. The molecule has 1 aliphatic heterocycles. The molecule has 0 aliphatic carbocycles. The van der Waals surface area contributed by atoms with Crippen LogP contribution in [0.15, 0.2) is 30.3 Å². The van der Waals surface area contributed by atoms with E-state index in [4.69, 9.17) is 0 Å². The van der Waals surface area contributed by atoms with Gasteiger partial charge in [0.25, 0.3) is 0 Å². The van der Waals surface area contributed by atoms with Crippen LogP contribution in [-0.2, 0) is 9.84 Å². The van der Waals surface area contributed by atoms with Gasteiger partial charge in [-0.05, 0) is 31.0 Å². The van der Waals surface area contributed by atoms with Crippen molar-refractivity contribution in [3.63, 3.8) is 0 Å². The molecule has 2 atom stereocenters. The Morgan fingerprint density at radius 1 is 1.31 bits per heavy atom. The van der Waals surface area contributed by atoms with Crippen molar-refractivity contribution < 1.29 is 8.42 Å². The first kappa shape index (κ1) is 11.6. The largest absolute Gasteiger partial charge is 0.316 e.